The standard InChI is InChI=1S/C25H17N3O4/c1-16-10-11-22-21(12-16)25(29)23(32-22)14-18-15-27(19-7-3-2-4-8-19)26-24(18)17-6-5-9-20(13-17)28(30)31/h2-15H,1H3/b23-14-. The zero-order valence-corrected chi connectivity index (χ0v) is 17.1. The number of non-ortho nitro benzene ring substituents is 1. The molecular weight excluding hydrogens is 406 g/mol. The Morgan fingerprint density at radius 3 is 2.62 bits per heavy atom. The third kappa shape index (κ3) is 3.45. The van der Waals surface area contributed by atoms with Gasteiger partial charge in [0.1, 0.15) is 11.4 Å². The summed E-state index contributed by atoms with van der Waals surface area (Å²) in [5.74, 6) is 0.491. The highest BCUT2D eigenvalue weighted by molar-refractivity contribution is 6.14. The first-order chi connectivity index (χ1) is 15.5. The predicted molar refractivity (Wildman–Crippen MR) is 120 cm³/mol. The fourth-order valence-corrected chi connectivity index (χ4v) is 3.64. The van der Waals surface area contributed by atoms with Crippen molar-refractivity contribution in [2.45, 2.75) is 6.92 Å². The van der Waals surface area contributed by atoms with Crippen LogP contribution in [0.2, 0.25) is 0 Å². The monoisotopic (exact) mass is 423 g/mol. The number of nitro benzene ring substituents is 1. The smallest absolute Gasteiger partial charge is 0.270 e. The van der Waals surface area contributed by atoms with Crippen LogP contribution < -0.4 is 4.74 Å². The fraction of sp³-hybridized carbons (Fsp3) is 0.0400. The molecular formula is C25H17N3O4. The topological polar surface area (TPSA) is 87.3 Å². The highest BCUT2D eigenvalue weighted by Crippen LogP contribution is 2.34. The first kappa shape index (κ1) is 19.4. The van der Waals surface area contributed by atoms with E-state index in [-0.39, 0.29) is 17.2 Å². The van der Waals surface area contributed by atoms with Gasteiger partial charge >= 0.3 is 0 Å². The second-order valence-corrected chi connectivity index (χ2v) is 7.46. The number of nitrogens with zero attached hydrogens (tertiary/aromatic N) is 3. The number of rotatable bonds is 4. The van der Waals surface area contributed by atoms with Crippen molar-refractivity contribution >= 4 is 17.5 Å². The van der Waals surface area contributed by atoms with E-state index in [1.54, 1.807) is 41.2 Å². The summed E-state index contributed by atoms with van der Waals surface area (Å²) in [6.07, 6.45) is 3.42. The molecule has 1 aliphatic heterocycles. The third-order valence-electron chi connectivity index (χ3n) is 5.20. The average Bonchev–Trinajstić information content (AvgIpc) is 3.36. The van der Waals surface area contributed by atoms with Crippen molar-refractivity contribution in [2.24, 2.45) is 0 Å². The maximum Gasteiger partial charge on any atom is 0.270 e. The summed E-state index contributed by atoms with van der Waals surface area (Å²) in [5.41, 5.74) is 3.96. The summed E-state index contributed by atoms with van der Waals surface area (Å²) in [7, 11) is 0. The number of aromatic nitrogens is 2. The van der Waals surface area contributed by atoms with Gasteiger partial charge in [0.25, 0.3) is 5.69 Å². The molecule has 0 spiro atoms. The quantitative estimate of drug-likeness (QED) is 0.250. The molecule has 3 aromatic carbocycles. The van der Waals surface area contributed by atoms with Crippen LogP contribution in [0.15, 0.2) is 84.8 Å². The van der Waals surface area contributed by atoms with Crippen molar-refractivity contribution in [3.8, 4) is 22.7 Å². The van der Waals surface area contributed by atoms with Gasteiger partial charge in [-0.25, -0.2) is 4.68 Å². The van der Waals surface area contributed by atoms with Crippen LogP contribution in [0.5, 0.6) is 5.75 Å². The average molecular weight is 423 g/mol. The number of carbonyl (C=O) groups excluding carboxylic acids is 1. The Balaban J connectivity index is 1.64. The molecule has 0 unspecified atom stereocenters. The van der Waals surface area contributed by atoms with Gasteiger partial charge in [0.05, 0.1) is 16.2 Å². The number of hydrogen-bond acceptors (Lipinski definition) is 5. The first-order valence-corrected chi connectivity index (χ1v) is 9.94. The minimum absolute atomic E-state index is 0.0357. The Morgan fingerprint density at radius 1 is 1.03 bits per heavy atom. The molecule has 2 heterocycles. The van der Waals surface area contributed by atoms with E-state index in [0.717, 1.165) is 11.3 Å². The number of fused-ring (bicyclic) bond motifs is 1. The van der Waals surface area contributed by atoms with Crippen LogP contribution in [0.3, 0.4) is 0 Å². The van der Waals surface area contributed by atoms with E-state index in [1.165, 1.54) is 12.1 Å². The van der Waals surface area contributed by atoms with Crippen LogP contribution in [0, 0.1) is 17.0 Å². The first-order valence-electron chi connectivity index (χ1n) is 9.94. The van der Waals surface area contributed by atoms with Crippen molar-refractivity contribution in [1.29, 1.82) is 0 Å². The lowest BCUT2D eigenvalue weighted by atomic mass is 10.0. The number of carbonyl (C=O) groups is 1. The van der Waals surface area contributed by atoms with E-state index in [1.807, 2.05) is 43.3 Å². The van der Waals surface area contributed by atoms with E-state index >= 15 is 0 Å². The predicted octanol–water partition coefficient (Wildman–Crippen LogP) is 5.37. The molecule has 1 aromatic heterocycles. The molecule has 0 bridgehead atoms. The van der Waals surface area contributed by atoms with Crippen LogP contribution in [-0.2, 0) is 0 Å². The number of ether oxygens (including phenoxy) is 1. The van der Waals surface area contributed by atoms with Gasteiger partial charge in [0.15, 0.2) is 5.76 Å². The number of aryl methyl sites for hydroxylation is 1. The largest absolute Gasteiger partial charge is 0.452 e. The summed E-state index contributed by atoms with van der Waals surface area (Å²) >= 11 is 0. The number of benzene rings is 3. The van der Waals surface area contributed by atoms with Crippen molar-refractivity contribution in [3.63, 3.8) is 0 Å². The highest BCUT2D eigenvalue weighted by Gasteiger charge is 2.28. The van der Waals surface area contributed by atoms with Crippen molar-refractivity contribution in [2.75, 3.05) is 0 Å². The van der Waals surface area contributed by atoms with Gasteiger partial charge in [0, 0.05) is 29.5 Å². The highest BCUT2D eigenvalue weighted by atomic mass is 16.6. The van der Waals surface area contributed by atoms with E-state index in [2.05, 4.69) is 5.10 Å². The lowest BCUT2D eigenvalue weighted by Gasteiger charge is -2.01. The zero-order chi connectivity index (χ0) is 22.2. The van der Waals surface area contributed by atoms with Crippen LogP contribution >= 0.6 is 0 Å². The fourth-order valence-electron chi connectivity index (χ4n) is 3.64. The van der Waals surface area contributed by atoms with Gasteiger partial charge in [-0.3, -0.25) is 14.9 Å². The van der Waals surface area contributed by atoms with Crippen molar-refractivity contribution in [3.05, 3.63) is 112 Å². The molecule has 0 N–H and O–H groups in total. The van der Waals surface area contributed by atoms with Crippen LogP contribution in [-0.4, -0.2) is 20.5 Å². The van der Waals surface area contributed by atoms with E-state index in [4.69, 9.17) is 4.74 Å². The third-order valence-corrected chi connectivity index (χ3v) is 5.20. The Bertz CT molecular complexity index is 1400. The molecule has 7 heteroatoms. The van der Waals surface area contributed by atoms with E-state index < -0.39 is 4.92 Å². The summed E-state index contributed by atoms with van der Waals surface area (Å²) in [6.45, 7) is 1.92. The number of hydrogen-bond donors (Lipinski definition) is 0. The Labute approximate surface area is 183 Å². The summed E-state index contributed by atoms with van der Waals surface area (Å²) in [4.78, 5) is 23.7. The molecule has 0 saturated heterocycles. The van der Waals surface area contributed by atoms with Crippen LogP contribution in [0.25, 0.3) is 23.0 Å². The maximum atomic E-state index is 12.9. The molecule has 0 aliphatic carbocycles. The molecule has 32 heavy (non-hydrogen) atoms. The second-order valence-electron chi connectivity index (χ2n) is 7.46. The number of nitro groups is 1. The molecule has 0 saturated carbocycles. The lowest BCUT2D eigenvalue weighted by molar-refractivity contribution is -0.384. The minimum atomic E-state index is -0.446. The van der Waals surface area contributed by atoms with Crippen molar-refractivity contribution in [1.82, 2.24) is 9.78 Å². The minimum Gasteiger partial charge on any atom is -0.452 e. The summed E-state index contributed by atoms with van der Waals surface area (Å²) < 4.78 is 7.49. The Kier molecular flexibility index (Phi) is 4.63. The second kappa shape index (κ2) is 7.63. The zero-order valence-electron chi connectivity index (χ0n) is 17.1. The Morgan fingerprint density at radius 2 is 1.84 bits per heavy atom. The van der Waals surface area contributed by atoms with Gasteiger partial charge < -0.3 is 4.74 Å². The van der Waals surface area contributed by atoms with E-state index in [9.17, 15) is 14.9 Å². The SMILES string of the molecule is Cc1ccc2c(c1)C(=O)/C(=C/c1cn(-c3ccccc3)nc1-c1cccc([N+](=O)[O-])c1)O2. The van der Waals surface area contributed by atoms with Gasteiger partial charge in [-0.15, -0.1) is 0 Å². The van der Waals surface area contributed by atoms with Gasteiger partial charge in [-0.05, 0) is 37.3 Å². The molecule has 0 amide bonds. The van der Waals surface area contributed by atoms with E-state index in [0.29, 0.717) is 28.1 Å². The number of Topliss-reactive ketones (excluding diaryl/α,β-unsaturated/α-hetero) is 1. The molecule has 0 fully saturated rings. The van der Waals surface area contributed by atoms with Gasteiger partial charge in [-0.2, -0.15) is 5.10 Å². The summed E-state index contributed by atoms with van der Waals surface area (Å²) in [5, 5.41) is 15.9. The normalized spacial score (nSPS) is 13.8. The van der Waals surface area contributed by atoms with Crippen LogP contribution in [0.1, 0.15) is 21.5 Å². The number of allylic oxidation sites excluding steroid dienone is 1. The van der Waals surface area contributed by atoms with Gasteiger partial charge in [0.2, 0.25) is 5.78 Å². The molecule has 4 aromatic rings. The molecule has 5 rings (SSSR count). The molecule has 156 valence electrons. The lowest BCUT2D eigenvalue weighted by Crippen LogP contribution is -1.98. The number of ketones is 1. The maximum absolute atomic E-state index is 12.9. The molecule has 0 radical (unpaired) electrons. The molecule has 1 aliphatic rings. The van der Waals surface area contributed by atoms with Gasteiger partial charge in [-0.1, -0.05) is 42.0 Å². The molecule has 7 nitrogen and oxygen atoms in total. The summed E-state index contributed by atoms with van der Waals surface area (Å²) in [6, 6.07) is 21.2. The molecule has 0 atom stereocenters. The number of para-hydroxylation sites is 1. The van der Waals surface area contributed by atoms with Crippen molar-refractivity contribution < 1.29 is 14.5 Å². The Hall–Kier alpha value is -4.52. The van der Waals surface area contributed by atoms with Crippen LogP contribution in [0.4, 0.5) is 5.69 Å².